The van der Waals surface area contributed by atoms with Crippen LogP contribution in [0.25, 0.3) is 0 Å². The van der Waals surface area contributed by atoms with Gasteiger partial charge >= 0.3 is 6.03 Å². The van der Waals surface area contributed by atoms with Crippen molar-refractivity contribution in [1.82, 2.24) is 20.4 Å². The molecule has 2 heterocycles. The summed E-state index contributed by atoms with van der Waals surface area (Å²) in [5, 5.41) is 7.07. The van der Waals surface area contributed by atoms with Gasteiger partial charge in [-0.2, -0.15) is 4.98 Å². The number of nitrogens with one attached hydrogen (secondary N) is 1. The minimum atomic E-state index is 0.0473. The molecule has 1 atom stereocenters. The van der Waals surface area contributed by atoms with Crippen LogP contribution in [0, 0.1) is 12.8 Å². The van der Waals surface area contributed by atoms with Gasteiger partial charge in [-0.15, -0.1) is 0 Å². The molecule has 1 N–H and O–H groups in total. The van der Waals surface area contributed by atoms with Crippen molar-refractivity contribution in [1.29, 1.82) is 0 Å². The predicted octanol–water partition coefficient (Wildman–Crippen LogP) is 2.47. The molecule has 1 aromatic heterocycles. The number of aromatic nitrogens is 2. The van der Waals surface area contributed by atoms with Gasteiger partial charge in [-0.25, -0.2) is 4.79 Å². The van der Waals surface area contributed by atoms with Crippen LogP contribution in [0.3, 0.4) is 0 Å². The fraction of sp³-hybridized carbons (Fsp3) is 0.824. The Morgan fingerprint density at radius 1 is 1.33 bits per heavy atom. The van der Waals surface area contributed by atoms with Gasteiger partial charge in [0.25, 0.3) is 0 Å². The number of amides is 2. The minimum Gasteiger partial charge on any atom is -0.384 e. The van der Waals surface area contributed by atoms with Crippen LogP contribution in [0.4, 0.5) is 4.79 Å². The van der Waals surface area contributed by atoms with Crippen molar-refractivity contribution in [3.8, 4) is 0 Å². The van der Waals surface area contributed by atoms with Crippen molar-refractivity contribution in [3.05, 3.63) is 11.7 Å². The summed E-state index contributed by atoms with van der Waals surface area (Å²) >= 11 is 0. The first-order valence-corrected chi connectivity index (χ1v) is 9.00. The molecule has 7 nitrogen and oxygen atoms in total. The van der Waals surface area contributed by atoms with E-state index in [1.807, 2.05) is 11.8 Å². The standard InChI is InChI=1S/C17H28N4O3/c1-12-18-16(24-20-12)14-4-3-9-21(10-14)17(22)19-15-7-5-13(6-8-15)11-23-2/h13-15H,3-11H2,1-2H3,(H,19,22). The molecule has 1 unspecified atom stereocenters. The molecule has 0 bridgehead atoms. The highest BCUT2D eigenvalue weighted by Crippen LogP contribution is 2.27. The maximum absolute atomic E-state index is 12.6. The summed E-state index contributed by atoms with van der Waals surface area (Å²) in [7, 11) is 1.76. The molecule has 1 aliphatic carbocycles. The van der Waals surface area contributed by atoms with Gasteiger partial charge in [0.1, 0.15) is 0 Å². The van der Waals surface area contributed by atoms with Gasteiger partial charge in [-0.3, -0.25) is 0 Å². The van der Waals surface area contributed by atoms with Crippen LogP contribution < -0.4 is 5.32 Å². The largest absolute Gasteiger partial charge is 0.384 e. The highest BCUT2D eigenvalue weighted by atomic mass is 16.5. The van der Waals surface area contributed by atoms with Gasteiger partial charge in [-0.1, -0.05) is 5.16 Å². The lowest BCUT2D eigenvalue weighted by molar-refractivity contribution is 0.121. The van der Waals surface area contributed by atoms with Gasteiger partial charge in [0.15, 0.2) is 5.82 Å². The molecule has 2 amide bonds. The van der Waals surface area contributed by atoms with Crippen molar-refractivity contribution in [2.75, 3.05) is 26.8 Å². The molecule has 0 aromatic carbocycles. The third-order valence-electron chi connectivity index (χ3n) is 5.18. The molecule has 1 saturated heterocycles. The number of carbonyl (C=O) groups excluding carboxylic acids is 1. The number of methoxy groups -OCH3 is 1. The zero-order valence-corrected chi connectivity index (χ0v) is 14.7. The first-order chi connectivity index (χ1) is 11.7. The molecule has 2 aliphatic rings. The SMILES string of the molecule is COCC1CCC(NC(=O)N2CCCC(c3nc(C)no3)C2)CC1. The van der Waals surface area contributed by atoms with E-state index in [1.165, 1.54) is 0 Å². The van der Waals surface area contributed by atoms with E-state index >= 15 is 0 Å². The summed E-state index contributed by atoms with van der Waals surface area (Å²) in [6.07, 6.45) is 6.30. The topological polar surface area (TPSA) is 80.5 Å². The van der Waals surface area contributed by atoms with Crippen LogP contribution in [0.5, 0.6) is 0 Å². The normalized spacial score (nSPS) is 27.9. The number of urea groups is 1. The number of ether oxygens (including phenoxy) is 1. The lowest BCUT2D eigenvalue weighted by Crippen LogP contribution is -2.49. The van der Waals surface area contributed by atoms with Crippen LogP contribution in [0.15, 0.2) is 4.52 Å². The monoisotopic (exact) mass is 336 g/mol. The molecule has 134 valence electrons. The second-order valence-corrected chi connectivity index (χ2v) is 7.09. The number of hydrogen-bond acceptors (Lipinski definition) is 5. The van der Waals surface area contributed by atoms with E-state index in [0.717, 1.165) is 51.7 Å². The smallest absolute Gasteiger partial charge is 0.317 e. The van der Waals surface area contributed by atoms with E-state index in [-0.39, 0.29) is 18.0 Å². The predicted molar refractivity (Wildman–Crippen MR) is 88.7 cm³/mol. The van der Waals surface area contributed by atoms with Crippen molar-refractivity contribution in [2.45, 2.75) is 57.4 Å². The molecule has 1 aromatic rings. The van der Waals surface area contributed by atoms with Gasteiger partial charge in [-0.05, 0) is 51.4 Å². The minimum absolute atomic E-state index is 0.0473. The third-order valence-corrected chi connectivity index (χ3v) is 5.18. The Morgan fingerprint density at radius 2 is 2.12 bits per heavy atom. The maximum atomic E-state index is 12.6. The van der Waals surface area contributed by atoms with E-state index in [2.05, 4.69) is 15.5 Å². The molecule has 3 rings (SSSR count). The van der Waals surface area contributed by atoms with Crippen molar-refractivity contribution < 1.29 is 14.1 Å². The Hall–Kier alpha value is -1.63. The number of piperidine rings is 1. The fourth-order valence-corrected chi connectivity index (χ4v) is 3.82. The van der Waals surface area contributed by atoms with E-state index < -0.39 is 0 Å². The maximum Gasteiger partial charge on any atom is 0.317 e. The van der Waals surface area contributed by atoms with Crippen LogP contribution in [0.2, 0.25) is 0 Å². The summed E-state index contributed by atoms with van der Waals surface area (Å²) in [4.78, 5) is 18.8. The summed E-state index contributed by atoms with van der Waals surface area (Å²) in [5.74, 6) is 2.11. The molecule has 2 fully saturated rings. The Balaban J connectivity index is 1.48. The third kappa shape index (κ3) is 4.26. The Morgan fingerprint density at radius 3 is 2.79 bits per heavy atom. The second kappa shape index (κ2) is 7.96. The van der Waals surface area contributed by atoms with Crippen LogP contribution in [-0.2, 0) is 4.74 Å². The highest BCUT2D eigenvalue weighted by Gasteiger charge is 2.30. The van der Waals surface area contributed by atoms with Gasteiger partial charge in [0.2, 0.25) is 5.89 Å². The van der Waals surface area contributed by atoms with Crippen molar-refractivity contribution in [3.63, 3.8) is 0 Å². The molecule has 24 heavy (non-hydrogen) atoms. The van der Waals surface area contributed by atoms with Gasteiger partial charge in [0, 0.05) is 32.8 Å². The second-order valence-electron chi connectivity index (χ2n) is 7.09. The highest BCUT2D eigenvalue weighted by molar-refractivity contribution is 5.74. The number of rotatable bonds is 4. The molecular formula is C17H28N4O3. The molecular weight excluding hydrogens is 308 g/mol. The molecule has 7 heteroatoms. The molecule has 0 spiro atoms. The number of aryl methyl sites for hydroxylation is 1. The van der Waals surface area contributed by atoms with Gasteiger partial charge < -0.3 is 19.5 Å². The molecule has 0 radical (unpaired) electrons. The number of nitrogens with zero attached hydrogens (tertiary/aromatic N) is 3. The quantitative estimate of drug-likeness (QED) is 0.913. The summed E-state index contributed by atoms with van der Waals surface area (Å²) in [6.45, 7) is 4.11. The van der Waals surface area contributed by atoms with Crippen LogP contribution >= 0.6 is 0 Å². The Labute approximate surface area is 143 Å². The van der Waals surface area contributed by atoms with Crippen molar-refractivity contribution >= 4 is 6.03 Å². The average molecular weight is 336 g/mol. The zero-order valence-electron chi connectivity index (χ0n) is 14.7. The Bertz CT molecular complexity index is 540. The van der Waals surface area contributed by atoms with Gasteiger partial charge in [0.05, 0.1) is 5.92 Å². The van der Waals surface area contributed by atoms with Crippen LogP contribution in [-0.4, -0.2) is 53.9 Å². The number of carbonyl (C=O) groups is 1. The fourth-order valence-electron chi connectivity index (χ4n) is 3.82. The van der Waals surface area contributed by atoms with E-state index in [0.29, 0.717) is 24.2 Å². The van der Waals surface area contributed by atoms with E-state index in [1.54, 1.807) is 7.11 Å². The first-order valence-electron chi connectivity index (χ1n) is 9.00. The van der Waals surface area contributed by atoms with E-state index in [4.69, 9.17) is 9.26 Å². The molecule has 1 saturated carbocycles. The zero-order chi connectivity index (χ0) is 16.9. The summed E-state index contributed by atoms with van der Waals surface area (Å²) in [6, 6.07) is 0.336. The molecule has 1 aliphatic heterocycles. The van der Waals surface area contributed by atoms with Crippen LogP contribution in [0.1, 0.15) is 56.2 Å². The summed E-state index contributed by atoms with van der Waals surface area (Å²) in [5.41, 5.74) is 0. The lowest BCUT2D eigenvalue weighted by Gasteiger charge is -2.34. The van der Waals surface area contributed by atoms with Crippen molar-refractivity contribution in [2.24, 2.45) is 5.92 Å². The Kier molecular flexibility index (Phi) is 5.71. The summed E-state index contributed by atoms with van der Waals surface area (Å²) < 4.78 is 10.5. The number of likely N-dealkylation sites (tertiary alicyclic amines) is 1. The van der Waals surface area contributed by atoms with E-state index in [9.17, 15) is 4.79 Å². The lowest BCUT2D eigenvalue weighted by atomic mass is 9.86. The first kappa shape index (κ1) is 17.2. The number of hydrogen-bond donors (Lipinski definition) is 1. The average Bonchev–Trinajstić information content (AvgIpc) is 3.03.